The lowest BCUT2D eigenvalue weighted by Crippen LogP contribution is -2.38. The van der Waals surface area contributed by atoms with Crippen molar-refractivity contribution in [3.8, 4) is 23.3 Å². The van der Waals surface area contributed by atoms with Crippen LogP contribution < -0.4 is 20.7 Å². The molecule has 132 valence electrons. The normalized spacial score (nSPS) is 11.0. The second kappa shape index (κ2) is 7.62. The van der Waals surface area contributed by atoms with E-state index >= 15 is 0 Å². The molecule has 11 heteroatoms. The fraction of sp³-hybridized carbons (Fsp3) is 0.214. The molecule has 1 aromatic heterocycles. The molecule has 0 bridgehead atoms. The third-order valence-corrected chi connectivity index (χ3v) is 4.35. The molecule has 1 heterocycles. The first-order valence-corrected chi connectivity index (χ1v) is 8.40. The van der Waals surface area contributed by atoms with Crippen molar-refractivity contribution in [3.63, 3.8) is 0 Å². The van der Waals surface area contributed by atoms with Crippen LogP contribution in [0.2, 0.25) is 0 Å². The van der Waals surface area contributed by atoms with Crippen molar-refractivity contribution in [1.82, 2.24) is 8.54 Å². The lowest BCUT2D eigenvalue weighted by Gasteiger charge is -2.16. The highest BCUT2D eigenvalue weighted by molar-refractivity contribution is 8.03. The van der Waals surface area contributed by atoms with E-state index in [9.17, 15) is 14.9 Å². The summed E-state index contributed by atoms with van der Waals surface area (Å²) in [6, 6.07) is 6.39. The number of alkyl halides is 3. The van der Waals surface area contributed by atoms with E-state index in [-0.39, 0.29) is 17.0 Å². The molecule has 0 N–H and O–H groups in total. The Balaban J connectivity index is 2.80. The summed E-state index contributed by atoms with van der Waals surface area (Å²) in [7, 11) is 2.88. The summed E-state index contributed by atoms with van der Waals surface area (Å²) in [6.07, 6.45) is 1.10. The molecule has 2 rings (SSSR count). The largest absolute Gasteiger partial charge is 0.497 e. The third kappa shape index (κ3) is 4.25. The number of methoxy groups -OCH3 is 2. The van der Waals surface area contributed by atoms with Gasteiger partial charge in [-0.2, -0.15) is 9.23 Å². The summed E-state index contributed by atoms with van der Waals surface area (Å²) in [6.45, 7) is 0. The van der Waals surface area contributed by atoms with Crippen molar-refractivity contribution in [2.24, 2.45) is 0 Å². The van der Waals surface area contributed by atoms with Crippen molar-refractivity contribution in [3.05, 3.63) is 50.8 Å². The first-order valence-electron chi connectivity index (χ1n) is 6.49. The zero-order chi connectivity index (χ0) is 18.8. The van der Waals surface area contributed by atoms with Crippen LogP contribution in [0, 0.1) is 11.3 Å². The van der Waals surface area contributed by atoms with Gasteiger partial charge in [-0.15, -0.1) is 0 Å². The van der Waals surface area contributed by atoms with Crippen LogP contribution in [-0.4, -0.2) is 25.9 Å². The van der Waals surface area contributed by atoms with E-state index in [1.54, 1.807) is 18.2 Å². The van der Waals surface area contributed by atoms with E-state index in [2.05, 4.69) is 0 Å². The second-order valence-corrected chi connectivity index (χ2v) is 8.60. The number of hydrogen-bond acceptors (Lipinski definition) is 6. The lowest BCUT2D eigenvalue weighted by molar-refractivity contribution is 0.393. The second-order valence-electron chi connectivity index (χ2n) is 4.48. The Morgan fingerprint density at radius 2 is 1.88 bits per heavy atom. The first-order chi connectivity index (χ1) is 11.7. The molecule has 0 unspecified atom stereocenters. The monoisotopic (exact) mass is 421 g/mol. The Hall–Kier alpha value is -1.79. The van der Waals surface area contributed by atoms with Gasteiger partial charge >= 0.3 is 5.69 Å². The van der Waals surface area contributed by atoms with Crippen LogP contribution >= 0.6 is 46.8 Å². The van der Waals surface area contributed by atoms with E-state index in [1.807, 2.05) is 0 Å². The number of aromatic nitrogens is 2. The molecule has 25 heavy (non-hydrogen) atoms. The Morgan fingerprint density at radius 3 is 2.40 bits per heavy atom. The minimum Gasteiger partial charge on any atom is -0.497 e. The maximum absolute atomic E-state index is 12.7. The Labute approximate surface area is 161 Å². The molecule has 0 atom stereocenters. The molecule has 1 aromatic carbocycles. The van der Waals surface area contributed by atoms with E-state index < -0.39 is 14.4 Å². The quantitative estimate of drug-likeness (QED) is 0.704. The number of ether oxygens (including phenoxy) is 2. The summed E-state index contributed by atoms with van der Waals surface area (Å²) in [5.41, 5.74) is -1.72. The fourth-order valence-corrected chi connectivity index (χ4v) is 3.13. The molecule has 7 nitrogen and oxygen atoms in total. The van der Waals surface area contributed by atoms with Crippen molar-refractivity contribution in [1.29, 1.82) is 5.26 Å². The van der Waals surface area contributed by atoms with Gasteiger partial charge in [0.05, 0.1) is 19.9 Å². The van der Waals surface area contributed by atoms with E-state index in [0.29, 0.717) is 21.7 Å². The Kier molecular flexibility index (Phi) is 5.95. The van der Waals surface area contributed by atoms with E-state index in [4.69, 9.17) is 44.3 Å². The smallest absolute Gasteiger partial charge is 0.346 e. The first kappa shape index (κ1) is 19.5. The summed E-state index contributed by atoms with van der Waals surface area (Å²) < 4.78 is 10.0. The number of benzene rings is 1. The summed E-state index contributed by atoms with van der Waals surface area (Å²) in [5.74, 6) is 0.785. The summed E-state index contributed by atoms with van der Waals surface area (Å²) in [4.78, 5) is 24.9. The van der Waals surface area contributed by atoms with Gasteiger partial charge in [-0.05, 0) is 12.1 Å². The van der Waals surface area contributed by atoms with Crippen molar-refractivity contribution in [2.45, 2.75) is 3.12 Å². The van der Waals surface area contributed by atoms with Crippen LogP contribution in [0.5, 0.6) is 11.5 Å². The van der Waals surface area contributed by atoms with Gasteiger partial charge in [0.25, 0.3) is 8.68 Å². The number of nitrogens with zero attached hydrogens (tertiary/aromatic N) is 3. The van der Waals surface area contributed by atoms with Gasteiger partial charge in [0, 0.05) is 24.2 Å². The van der Waals surface area contributed by atoms with Gasteiger partial charge in [0.15, 0.2) is 0 Å². The number of rotatable bonds is 4. The minimum atomic E-state index is -1.97. The van der Waals surface area contributed by atoms with Gasteiger partial charge < -0.3 is 9.47 Å². The number of halogens is 3. The molecule has 0 radical (unpaired) electrons. The average Bonchev–Trinajstić information content (AvgIpc) is 2.57. The molecule has 2 aromatic rings. The molecule has 0 aliphatic heterocycles. The topological polar surface area (TPSA) is 86.3 Å². The molecule has 0 aliphatic rings. The third-order valence-electron chi connectivity index (χ3n) is 3.01. The predicted octanol–water partition coefficient (Wildman–Crippen LogP) is 2.71. The van der Waals surface area contributed by atoms with Crippen molar-refractivity contribution < 1.29 is 9.47 Å². The van der Waals surface area contributed by atoms with Crippen LogP contribution in [0.4, 0.5) is 0 Å². The van der Waals surface area contributed by atoms with Gasteiger partial charge in [-0.3, -0.25) is 9.36 Å². The highest BCUT2D eigenvalue weighted by atomic mass is 35.6. The van der Waals surface area contributed by atoms with E-state index in [0.717, 1.165) is 10.8 Å². The SMILES string of the molecule is COc1ccc(-n2cc(C#N)c(=O)n(SC(Cl)(Cl)Cl)c2=O)c(OC)c1. The van der Waals surface area contributed by atoms with Gasteiger partial charge in [-0.1, -0.05) is 34.8 Å². The zero-order valence-corrected chi connectivity index (χ0v) is 15.9. The molecule has 0 fully saturated rings. The Bertz CT molecular complexity index is 960. The molecule has 0 amide bonds. The molecule has 0 spiro atoms. The van der Waals surface area contributed by atoms with Crippen LogP contribution in [0.1, 0.15) is 5.56 Å². The van der Waals surface area contributed by atoms with Crippen LogP contribution in [-0.2, 0) is 0 Å². The molecule has 0 aliphatic carbocycles. The van der Waals surface area contributed by atoms with Crippen molar-refractivity contribution >= 4 is 46.8 Å². The van der Waals surface area contributed by atoms with E-state index in [1.165, 1.54) is 20.3 Å². The summed E-state index contributed by atoms with van der Waals surface area (Å²) in [5, 5.41) is 9.17. The van der Waals surface area contributed by atoms with Crippen LogP contribution in [0.15, 0.2) is 34.0 Å². The minimum absolute atomic E-state index is 0.281. The van der Waals surface area contributed by atoms with Gasteiger partial charge in [-0.25, -0.2) is 4.79 Å². The summed E-state index contributed by atoms with van der Waals surface area (Å²) >= 11 is 17.4. The standard InChI is InChI=1S/C14H10Cl3N3O4S/c1-23-9-3-4-10(11(5-9)24-2)19-7-8(6-18)12(21)20(13(19)22)25-14(15,16)17/h3-5,7H,1-2H3. The number of nitriles is 1. The van der Waals surface area contributed by atoms with Crippen LogP contribution in [0.25, 0.3) is 5.69 Å². The highest BCUT2D eigenvalue weighted by Gasteiger charge is 2.26. The van der Waals surface area contributed by atoms with Crippen molar-refractivity contribution in [2.75, 3.05) is 14.2 Å². The predicted molar refractivity (Wildman–Crippen MR) is 97.4 cm³/mol. The zero-order valence-electron chi connectivity index (χ0n) is 12.8. The van der Waals surface area contributed by atoms with Crippen LogP contribution in [0.3, 0.4) is 0 Å². The molecular formula is C14H10Cl3N3O4S. The lowest BCUT2D eigenvalue weighted by atomic mass is 10.2. The highest BCUT2D eigenvalue weighted by Crippen LogP contribution is 2.38. The fourth-order valence-electron chi connectivity index (χ4n) is 1.95. The molecule has 0 saturated carbocycles. The molecular weight excluding hydrogens is 413 g/mol. The Morgan fingerprint density at radius 1 is 1.20 bits per heavy atom. The van der Waals surface area contributed by atoms with Gasteiger partial charge in [0.2, 0.25) is 0 Å². The maximum atomic E-state index is 12.7. The average molecular weight is 423 g/mol. The number of hydrogen-bond donors (Lipinski definition) is 0. The van der Waals surface area contributed by atoms with Gasteiger partial charge in [0.1, 0.15) is 23.1 Å². The maximum Gasteiger partial charge on any atom is 0.346 e. The molecule has 0 saturated heterocycles.